The summed E-state index contributed by atoms with van der Waals surface area (Å²) in [5, 5.41) is 14.4. The van der Waals surface area contributed by atoms with E-state index < -0.39 is 12.0 Å². The van der Waals surface area contributed by atoms with E-state index in [0.29, 0.717) is 19.1 Å². The van der Waals surface area contributed by atoms with Crippen LogP contribution in [0.15, 0.2) is 0 Å². The number of rotatable bonds is 9. The van der Waals surface area contributed by atoms with Gasteiger partial charge in [0.05, 0.1) is 0 Å². The number of methoxy groups -OCH3 is 1. The number of carboxylic acids is 1. The maximum atomic E-state index is 11.8. The van der Waals surface area contributed by atoms with Crippen LogP contribution in [0.5, 0.6) is 0 Å². The molecular weight excluding hydrogens is 260 g/mol. The quantitative estimate of drug-likeness (QED) is 0.594. The number of carbonyl (C=O) groups is 2. The van der Waals surface area contributed by atoms with Crippen LogP contribution in [0.3, 0.4) is 0 Å². The summed E-state index contributed by atoms with van der Waals surface area (Å²) in [7, 11) is 1.51. The molecule has 6 nitrogen and oxygen atoms in total. The van der Waals surface area contributed by atoms with Gasteiger partial charge in [-0.25, -0.2) is 9.59 Å². The third-order valence-electron chi connectivity index (χ3n) is 4.17. The molecule has 6 heteroatoms. The first-order valence-electron chi connectivity index (χ1n) is 7.38. The Hall–Kier alpha value is -1.30. The highest BCUT2D eigenvalue weighted by Gasteiger charge is 2.41. The molecule has 0 aromatic heterocycles. The molecule has 2 amide bonds. The highest BCUT2D eigenvalue weighted by molar-refractivity contribution is 5.82. The Bertz CT molecular complexity index is 341. The molecule has 0 aliphatic heterocycles. The van der Waals surface area contributed by atoms with E-state index in [1.807, 2.05) is 0 Å². The molecule has 0 saturated heterocycles. The largest absolute Gasteiger partial charge is 0.480 e. The molecule has 2 fully saturated rings. The van der Waals surface area contributed by atoms with Crippen LogP contribution in [0.25, 0.3) is 0 Å². The van der Waals surface area contributed by atoms with Crippen LogP contribution in [0.2, 0.25) is 0 Å². The Morgan fingerprint density at radius 1 is 1.25 bits per heavy atom. The Balaban J connectivity index is 1.71. The van der Waals surface area contributed by atoms with Gasteiger partial charge in [-0.3, -0.25) is 0 Å². The van der Waals surface area contributed by atoms with E-state index in [1.54, 1.807) is 0 Å². The summed E-state index contributed by atoms with van der Waals surface area (Å²) in [6, 6.07) is -1.28. The summed E-state index contributed by atoms with van der Waals surface area (Å²) >= 11 is 0. The van der Waals surface area contributed by atoms with Crippen molar-refractivity contribution >= 4 is 12.0 Å². The van der Waals surface area contributed by atoms with Crippen LogP contribution in [0, 0.1) is 17.8 Å². The van der Waals surface area contributed by atoms with Crippen molar-refractivity contribution in [3.05, 3.63) is 0 Å². The van der Waals surface area contributed by atoms with Crippen LogP contribution >= 0.6 is 0 Å². The van der Waals surface area contributed by atoms with Gasteiger partial charge in [0.25, 0.3) is 0 Å². The van der Waals surface area contributed by atoms with Gasteiger partial charge in [0, 0.05) is 26.7 Å². The predicted octanol–water partition coefficient (Wildman–Crippen LogP) is 1.21. The van der Waals surface area contributed by atoms with Crippen LogP contribution in [-0.4, -0.2) is 43.4 Å². The van der Waals surface area contributed by atoms with Crippen LogP contribution in [0.4, 0.5) is 4.79 Å². The standard InChI is InChI=1S/C14H24N2O4/c1-20-7-6-12(13(17)18)16-14(19)15-8-11(9-2-3-9)10-4-5-10/h9-12H,2-8H2,1H3,(H,17,18)(H2,15,16,19). The number of nitrogens with one attached hydrogen (secondary N) is 2. The first kappa shape index (κ1) is 15.1. The molecule has 0 heterocycles. The van der Waals surface area contributed by atoms with Crippen LogP contribution in [-0.2, 0) is 9.53 Å². The Morgan fingerprint density at radius 2 is 1.85 bits per heavy atom. The molecule has 3 N–H and O–H groups in total. The summed E-state index contributed by atoms with van der Waals surface area (Å²) in [6.07, 6.45) is 5.37. The van der Waals surface area contributed by atoms with E-state index >= 15 is 0 Å². The maximum Gasteiger partial charge on any atom is 0.326 e. The van der Waals surface area contributed by atoms with E-state index in [1.165, 1.54) is 32.8 Å². The van der Waals surface area contributed by atoms with Crippen molar-refractivity contribution in [3.63, 3.8) is 0 Å². The SMILES string of the molecule is COCCC(NC(=O)NCC(C1CC1)C1CC1)C(=O)O. The lowest BCUT2D eigenvalue weighted by atomic mass is 9.98. The van der Waals surface area contributed by atoms with Gasteiger partial charge in [-0.05, 0) is 43.4 Å². The molecule has 2 saturated carbocycles. The van der Waals surface area contributed by atoms with Crippen molar-refractivity contribution in [1.29, 1.82) is 0 Å². The topological polar surface area (TPSA) is 87.7 Å². The molecule has 0 radical (unpaired) electrons. The minimum atomic E-state index is -1.03. The Labute approximate surface area is 119 Å². The lowest BCUT2D eigenvalue weighted by Crippen LogP contribution is -2.47. The smallest absolute Gasteiger partial charge is 0.326 e. The highest BCUT2D eigenvalue weighted by atomic mass is 16.5. The third-order valence-corrected chi connectivity index (χ3v) is 4.17. The average molecular weight is 284 g/mol. The molecule has 114 valence electrons. The van der Waals surface area contributed by atoms with Crippen molar-refractivity contribution in [1.82, 2.24) is 10.6 Å². The minimum Gasteiger partial charge on any atom is -0.480 e. The van der Waals surface area contributed by atoms with Crippen molar-refractivity contribution in [2.24, 2.45) is 17.8 Å². The van der Waals surface area contributed by atoms with Crippen LogP contribution < -0.4 is 10.6 Å². The molecule has 1 atom stereocenters. The first-order valence-corrected chi connectivity index (χ1v) is 7.38. The number of hydrogen-bond donors (Lipinski definition) is 3. The number of hydrogen-bond acceptors (Lipinski definition) is 3. The summed E-state index contributed by atoms with van der Waals surface area (Å²) < 4.78 is 4.85. The highest BCUT2D eigenvalue weighted by Crippen LogP contribution is 2.48. The van der Waals surface area contributed by atoms with Gasteiger partial charge in [-0.2, -0.15) is 0 Å². The van der Waals surface area contributed by atoms with E-state index in [9.17, 15) is 9.59 Å². The number of aliphatic carboxylic acids is 1. The van der Waals surface area contributed by atoms with Gasteiger partial charge in [0.2, 0.25) is 0 Å². The lowest BCUT2D eigenvalue weighted by Gasteiger charge is -2.18. The molecule has 2 rings (SSSR count). The number of ether oxygens (including phenoxy) is 1. The van der Waals surface area contributed by atoms with Gasteiger partial charge in [0.15, 0.2) is 0 Å². The Kier molecular flexibility index (Phi) is 5.23. The molecule has 0 spiro atoms. The summed E-state index contributed by atoms with van der Waals surface area (Å²) in [5.74, 6) is 1.10. The normalized spacial score (nSPS) is 19.7. The van der Waals surface area contributed by atoms with E-state index in [0.717, 1.165) is 11.8 Å². The van der Waals surface area contributed by atoms with E-state index in [2.05, 4.69) is 10.6 Å². The number of amides is 2. The van der Waals surface area contributed by atoms with Gasteiger partial charge in [-0.1, -0.05) is 0 Å². The molecule has 20 heavy (non-hydrogen) atoms. The minimum absolute atomic E-state index is 0.272. The number of urea groups is 1. The maximum absolute atomic E-state index is 11.8. The second kappa shape index (κ2) is 6.92. The molecule has 0 aromatic carbocycles. The van der Waals surface area contributed by atoms with E-state index in [4.69, 9.17) is 9.84 Å². The second-order valence-corrected chi connectivity index (χ2v) is 5.87. The molecule has 0 bridgehead atoms. The predicted molar refractivity (Wildman–Crippen MR) is 73.4 cm³/mol. The Morgan fingerprint density at radius 3 is 2.30 bits per heavy atom. The zero-order valence-corrected chi connectivity index (χ0v) is 11.9. The van der Waals surface area contributed by atoms with Gasteiger partial charge >= 0.3 is 12.0 Å². The monoisotopic (exact) mass is 284 g/mol. The van der Waals surface area contributed by atoms with Gasteiger partial charge in [-0.15, -0.1) is 0 Å². The zero-order valence-electron chi connectivity index (χ0n) is 11.9. The number of carbonyl (C=O) groups excluding carboxylic acids is 1. The fourth-order valence-electron chi connectivity index (χ4n) is 2.68. The second-order valence-electron chi connectivity index (χ2n) is 5.87. The molecule has 1 unspecified atom stereocenters. The van der Waals surface area contributed by atoms with Crippen molar-refractivity contribution < 1.29 is 19.4 Å². The fourth-order valence-corrected chi connectivity index (χ4v) is 2.68. The average Bonchev–Trinajstić information content (AvgIpc) is 3.26. The van der Waals surface area contributed by atoms with Crippen molar-refractivity contribution in [2.75, 3.05) is 20.3 Å². The van der Waals surface area contributed by atoms with Crippen molar-refractivity contribution in [3.8, 4) is 0 Å². The molecule has 2 aliphatic carbocycles. The van der Waals surface area contributed by atoms with Gasteiger partial charge < -0.3 is 20.5 Å². The van der Waals surface area contributed by atoms with E-state index in [-0.39, 0.29) is 12.5 Å². The number of carboxylic acid groups (broad SMARTS) is 1. The summed E-state index contributed by atoms with van der Waals surface area (Å²) in [5.41, 5.74) is 0. The zero-order chi connectivity index (χ0) is 14.5. The summed E-state index contributed by atoms with van der Waals surface area (Å²) in [4.78, 5) is 22.8. The first-order chi connectivity index (χ1) is 9.61. The van der Waals surface area contributed by atoms with Gasteiger partial charge in [0.1, 0.15) is 6.04 Å². The lowest BCUT2D eigenvalue weighted by molar-refractivity contribution is -0.139. The summed E-state index contributed by atoms with van der Waals surface area (Å²) in [6.45, 7) is 0.974. The molecule has 2 aliphatic rings. The van der Waals surface area contributed by atoms with Crippen LogP contribution in [0.1, 0.15) is 32.1 Å². The van der Waals surface area contributed by atoms with Crippen molar-refractivity contribution in [2.45, 2.75) is 38.1 Å². The molecule has 0 aromatic rings. The third kappa shape index (κ3) is 4.67. The fraction of sp³-hybridized carbons (Fsp3) is 0.857. The molecular formula is C14H24N2O4.